The van der Waals surface area contributed by atoms with Crippen LogP contribution in [0.2, 0.25) is 0 Å². The average molecular weight is 417 g/mol. The highest BCUT2D eigenvalue weighted by Gasteiger charge is 2.18. The van der Waals surface area contributed by atoms with Crippen molar-refractivity contribution in [3.8, 4) is 0 Å². The number of nitrogens with zero attached hydrogens (tertiary/aromatic N) is 2. The van der Waals surface area contributed by atoms with Gasteiger partial charge in [-0.2, -0.15) is 0 Å². The monoisotopic (exact) mass is 415 g/mol. The lowest BCUT2D eigenvalue weighted by Crippen LogP contribution is -2.06. The van der Waals surface area contributed by atoms with Gasteiger partial charge in [0.2, 0.25) is 0 Å². The maximum absolute atomic E-state index is 11.2. The molecule has 0 saturated carbocycles. The molecule has 9 heteroatoms. The van der Waals surface area contributed by atoms with Crippen molar-refractivity contribution in [2.45, 2.75) is 0 Å². The Morgan fingerprint density at radius 2 is 2.05 bits per heavy atom. The minimum absolute atomic E-state index is 0.0203. The molecule has 21 heavy (non-hydrogen) atoms. The largest absolute Gasteiger partial charge is 0.478 e. The molecule has 0 aliphatic rings. The topological polar surface area (TPSA) is 105 Å². The summed E-state index contributed by atoms with van der Waals surface area (Å²) in [5.74, 6) is -1.29. The van der Waals surface area contributed by atoms with Crippen LogP contribution in [0.1, 0.15) is 10.4 Å². The SMILES string of the molecule is O=C(O)c1cc([N+](=O)[O-])cnc1Nc1cc(Br)ccc1Br. The average Bonchev–Trinajstić information content (AvgIpc) is 2.42. The van der Waals surface area contributed by atoms with E-state index in [-0.39, 0.29) is 17.1 Å². The number of aromatic nitrogens is 1. The number of rotatable bonds is 4. The smallest absolute Gasteiger partial charge is 0.339 e. The number of nitrogens with one attached hydrogen (secondary N) is 1. The molecule has 1 aromatic heterocycles. The van der Waals surface area contributed by atoms with Crippen LogP contribution in [0.5, 0.6) is 0 Å². The Morgan fingerprint density at radius 3 is 2.67 bits per heavy atom. The highest BCUT2D eigenvalue weighted by molar-refractivity contribution is 9.11. The Kier molecular flexibility index (Phi) is 4.53. The second kappa shape index (κ2) is 6.19. The summed E-state index contributed by atoms with van der Waals surface area (Å²) in [4.78, 5) is 25.0. The van der Waals surface area contributed by atoms with Crippen LogP contribution in [-0.4, -0.2) is 21.0 Å². The molecule has 0 spiro atoms. The molecule has 2 N–H and O–H groups in total. The van der Waals surface area contributed by atoms with Gasteiger partial charge < -0.3 is 10.4 Å². The maximum Gasteiger partial charge on any atom is 0.339 e. The van der Waals surface area contributed by atoms with Gasteiger partial charge in [0.1, 0.15) is 17.6 Å². The van der Waals surface area contributed by atoms with Gasteiger partial charge in [-0.1, -0.05) is 15.9 Å². The number of benzene rings is 1. The fraction of sp³-hybridized carbons (Fsp3) is 0. The maximum atomic E-state index is 11.2. The highest BCUT2D eigenvalue weighted by atomic mass is 79.9. The fourth-order valence-corrected chi connectivity index (χ4v) is 2.24. The van der Waals surface area contributed by atoms with Crippen molar-refractivity contribution in [1.82, 2.24) is 4.98 Å². The molecular formula is C12H7Br2N3O4. The quantitative estimate of drug-likeness (QED) is 0.577. The van der Waals surface area contributed by atoms with Crippen LogP contribution in [0, 0.1) is 10.1 Å². The van der Waals surface area contributed by atoms with Crippen LogP contribution >= 0.6 is 31.9 Å². The zero-order chi connectivity index (χ0) is 15.6. The molecule has 0 aliphatic carbocycles. The van der Waals surface area contributed by atoms with E-state index in [2.05, 4.69) is 42.2 Å². The number of anilines is 2. The molecule has 2 rings (SSSR count). The summed E-state index contributed by atoms with van der Waals surface area (Å²) in [6.07, 6.45) is 1.00. The number of hydrogen-bond donors (Lipinski definition) is 2. The molecule has 0 unspecified atom stereocenters. The van der Waals surface area contributed by atoms with Crippen LogP contribution in [0.3, 0.4) is 0 Å². The van der Waals surface area contributed by atoms with E-state index in [9.17, 15) is 14.9 Å². The van der Waals surface area contributed by atoms with Gasteiger partial charge in [-0.3, -0.25) is 10.1 Å². The molecule has 0 atom stereocenters. The number of carboxylic acids is 1. The third-order valence-corrected chi connectivity index (χ3v) is 3.68. The lowest BCUT2D eigenvalue weighted by Gasteiger charge is -2.10. The predicted octanol–water partition coefficient (Wildman–Crippen LogP) is 3.96. The Hall–Kier alpha value is -2.00. The summed E-state index contributed by atoms with van der Waals surface area (Å²) in [7, 11) is 0. The number of pyridine rings is 1. The van der Waals surface area contributed by atoms with Crippen LogP contribution in [0.15, 0.2) is 39.4 Å². The van der Waals surface area contributed by atoms with Gasteiger partial charge in [0.15, 0.2) is 0 Å². The van der Waals surface area contributed by atoms with E-state index in [0.717, 1.165) is 16.7 Å². The second-order valence-electron chi connectivity index (χ2n) is 3.90. The lowest BCUT2D eigenvalue weighted by atomic mass is 10.2. The molecule has 0 fully saturated rings. The Labute approximate surface area is 135 Å². The Morgan fingerprint density at radius 1 is 1.33 bits per heavy atom. The first-order chi connectivity index (χ1) is 9.88. The van der Waals surface area contributed by atoms with Crippen LogP contribution in [0.4, 0.5) is 17.2 Å². The zero-order valence-electron chi connectivity index (χ0n) is 10.2. The molecule has 1 heterocycles. The summed E-state index contributed by atoms with van der Waals surface area (Å²) < 4.78 is 1.48. The number of halogens is 2. The number of hydrogen-bond acceptors (Lipinski definition) is 5. The first-order valence-corrected chi connectivity index (χ1v) is 7.07. The summed E-state index contributed by atoms with van der Waals surface area (Å²) in [5.41, 5.74) is -0.0874. The lowest BCUT2D eigenvalue weighted by molar-refractivity contribution is -0.385. The minimum atomic E-state index is -1.31. The van der Waals surface area contributed by atoms with Crippen molar-refractivity contribution < 1.29 is 14.8 Å². The van der Waals surface area contributed by atoms with Crippen molar-refractivity contribution in [1.29, 1.82) is 0 Å². The van der Waals surface area contributed by atoms with E-state index in [1.807, 2.05) is 0 Å². The van der Waals surface area contributed by atoms with Gasteiger partial charge in [0.05, 0.1) is 10.6 Å². The Balaban J connectivity index is 2.46. The molecule has 108 valence electrons. The van der Waals surface area contributed by atoms with Crippen molar-refractivity contribution in [2.24, 2.45) is 0 Å². The molecule has 0 radical (unpaired) electrons. The first-order valence-electron chi connectivity index (χ1n) is 5.48. The third-order valence-electron chi connectivity index (χ3n) is 2.50. The highest BCUT2D eigenvalue weighted by Crippen LogP contribution is 2.30. The normalized spacial score (nSPS) is 10.2. The van der Waals surface area contributed by atoms with Gasteiger partial charge in [0.25, 0.3) is 5.69 Å². The predicted molar refractivity (Wildman–Crippen MR) is 83.0 cm³/mol. The van der Waals surface area contributed by atoms with Gasteiger partial charge in [0, 0.05) is 15.0 Å². The zero-order valence-corrected chi connectivity index (χ0v) is 13.4. The van der Waals surface area contributed by atoms with Crippen LogP contribution in [-0.2, 0) is 0 Å². The van der Waals surface area contributed by atoms with E-state index >= 15 is 0 Å². The summed E-state index contributed by atoms with van der Waals surface area (Å²) >= 11 is 6.62. The molecule has 7 nitrogen and oxygen atoms in total. The van der Waals surface area contributed by atoms with E-state index < -0.39 is 10.9 Å². The molecule has 0 saturated heterocycles. The van der Waals surface area contributed by atoms with Crippen molar-refractivity contribution in [2.75, 3.05) is 5.32 Å². The van der Waals surface area contributed by atoms with Gasteiger partial charge in [-0.25, -0.2) is 9.78 Å². The van der Waals surface area contributed by atoms with Crippen molar-refractivity contribution in [3.63, 3.8) is 0 Å². The van der Waals surface area contributed by atoms with E-state index in [0.29, 0.717) is 10.2 Å². The van der Waals surface area contributed by atoms with Gasteiger partial charge in [-0.15, -0.1) is 0 Å². The standard InChI is InChI=1S/C12H7Br2N3O4/c13-6-1-2-9(14)10(3-6)16-11-8(12(18)19)4-7(5-15-11)17(20)21/h1-5H,(H,15,16)(H,18,19). The number of nitro groups is 1. The van der Waals surface area contributed by atoms with Gasteiger partial charge in [-0.05, 0) is 34.1 Å². The summed E-state index contributed by atoms with van der Waals surface area (Å²) in [6, 6.07) is 6.25. The second-order valence-corrected chi connectivity index (χ2v) is 5.67. The third kappa shape index (κ3) is 3.56. The van der Waals surface area contributed by atoms with Gasteiger partial charge >= 0.3 is 5.97 Å². The number of carbonyl (C=O) groups is 1. The molecule has 0 amide bonds. The first kappa shape index (κ1) is 15.4. The van der Waals surface area contributed by atoms with Crippen molar-refractivity contribution in [3.05, 3.63) is 55.1 Å². The molecule has 0 bridgehead atoms. The molecule has 1 aromatic carbocycles. The van der Waals surface area contributed by atoms with Crippen LogP contribution in [0.25, 0.3) is 0 Å². The summed E-state index contributed by atoms with van der Waals surface area (Å²) in [5, 5.41) is 22.7. The molecular weight excluding hydrogens is 410 g/mol. The fourth-order valence-electron chi connectivity index (χ4n) is 1.54. The number of carboxylic acid groups (broad SMARTS) is 1. The minimum Gasteiger partial charge on any atom is -0.478 e. The molecule has 0 aliphatic heterocycles. The van der Waals surface area contributed by atoms with Crippen molar-refractivity contribution >= 4 is 55.0 Å². The summed E-state index contributed by atoms with van der Waals surface area (Å²) in [6.45, 7) is 0. The van der Waals surface area contributed by atoms with E-state index in [1.54, 1.807) is 18.2 Å². The van der Waals surface area contributed by atoms with Crippen LogP contribution < -0.4 is 5.32 Å². The Bertz CT molecular complexity index is 736. The van der Waals surface area contributed by atoms with E-state index in [1.165, 1.54) is 0 Å². The van der Waals surface area contributed by atoms with E-state index in [4.69, 9.17) is 5.11 Å². The number of aromatic carboxylic acids is 1. The molecule has 2 aromatic rings.